The van der Waals surface area contributed by atoms with Gasteiger partial charge in [0.2, 0.25) is 0 Å². The van der Waals surface area contributed by atoms with Gasteiger partial charge in [0.05, 0.1) is 10.4 Å². The number of nitrogens with zero attached hydrogens (tertiary/aromatic N) is 2. The van der Waals surface area contributed by atoms with Crippen LogP contribution in [0.5, 0.6) is 0 Å². The summed E-state index contributed by atoms with van der Waals surface area (Å²) in [5.74, 6) is 2.60. The van der Waals surface area contributed by atoms with E-state index in [0.29, 0.717) is 4.08 Å². The van der Waals surface area contributed by atoms with Crippen LogP contribution in [-0.2, 0) is 6.54 Å². The summed E-state index contributed by atoms with van der Waals surface area (Å²) in [4.78, 5) is 4.07. The average Bonchev–Trinajstić information content (AvgIpc) is 2.77. The first kappa shape index (κ1) is 9.46. The van der Waals surface area contributed by atoms with E-state index >= 15 is 0 Å². The third-order valence-corrected chi connectivity index (χ3v) is 6.00. The molecule has 0 radical (unpaired) electrons. The van der Waals surface area contributed by atoms with E-state index in [1.165, 1.54) is 17.9 Å². The molecular weight excluding hydrogens is 200 g/mol. The van der Waals surface area contributed by atoms with Crippen LogP contribution in [0, 0.1) is 0 Å². The van der Waals surface area contributed by atoms with E-state index in [0.717, 1.165) is 6.54 Å². The lowest BCUT2D eigenvalue weighted by Crippen LogP contribution is -2.22. The van der Waals surface area contributed by atoms with Crippen molar-refractivity contribution in [1.82, 2.24) is 9.55 Å². The first-order chi connectivity index (χ1) is 6.35. The van der Waals surface area contributed by atoms with Crippen LogP contribution in [0.4, 0.5) is 0 Å². The van der Waals surface area contributed by atoms with Crippen LogP contribution in [0.25, 0.3) is 0 Å². The largest absolute Gasteiger partial charge is 0.335 e. The second kappa shape index (κ2) is 3.96. The number of imidazole rings is 1. The molecule has 72 valence electrons. The van der Waals surface area contributed by atoms with Crippen LogP contribution in [-0.4, -0.2) is 25.1 Å². The molecule has 1 saturated heterocycles. The van der Waals surface area contributed by atoms with Gasteiger partial charge in [0, 0.05) is 30.4 Å². The standard InChI is InChI=1S/C9H14N2S2/c1-2-9(12-5-6-13-9)7-11-4-3-10-8-11/h3-4,8H,2,5-7H2,1H3. The Morgan fingerprint density at radius 1 is 1.46 bits per heavy atom. The van der Waals surface area contributed by atoms with Crippen LogP contribution >= 0.6 is 23.5 Å². The predicted octanol–water partition coefficient (Wildman–Crippen LogP) is 2.47. The molecule has 0 bridgehead atoms. The molecule has 0 N–H and O–H groups in total. The van der Waals surface area contributed by atoms with Gasteiger partial charge >= 0.3 is 0 Å². The van der Waals surface area contributed by atoms with Crippen molar-refractivity contribution < 1.29 is 0 Å². The Bertz CT molecular complexity index is 253. The molecule has 0 atom stereocenters. The smallest absolute Gasteiger partial charge is 0.0946 e. The Balaban J connectivity index is 2.06. The zero-order valence-electron chi connectivity index (χ0n) is 7.77. The van der Waals surface area contributed by atoms with Gasteiger partial charge in [-0.2, -0.15) is 0 Å². The Morgan fingerprint density at radius 2 is 2.23 bits per heavy atom. The molecule has 2 heterocycles. The van der Waals surface area contributed by atoms with Crippen molar-refractivity contribution in [1.29, 1.82) is 0 Å². The average molecular weight is 214 g/mol. The fraction of sp³-hybridized carbons (Fsp3) is 0.667. The second-order valence-electron chi connectivity index (χ2n) is 3.20. The van der Waals surface area contributed by atoms with Crippen molar-refractivity contribution in [3.63, 3.8) is 0 Å². The molecule has 0 amide bonds. The Kier molecular flexibility index (Phi) is 2.89. The van der Waals surface area contributed by atoms with E-state index in [1.807, 2.05) is 12.5 Å². The lowest BCUT2D eigenvalue weighted by Gasteiger charge is -2.25. The highest BCUT2D eigenvalue weighted by molar-refractivity contribution is 8.21. The molecular formula is C9H14N2S2. The van der Waals surface area contributed by atoms with E-state index in [2.05, 4.69) is 46.2 Å². The van der Waals surface area contributed by atoms with Gasteiger partial charge in [0.15, 0.2) is 0 Å². The van der Waals surface area contributed by atoms with Crippen molar-refractivity contribution in [3.05, 3.63) is 18.7 Å². The summed E-state index contributed by atoms with van der Waals surface area (Å²) in [5.41, 5.74) is 0. The zero-order valence-corrected chi connectivity index (χ0v) is 9.40. The number of rotatable bonds is 3. The van der Waals surface area contributed by atoms with E-state index in [9.17, 15) is 0 Å². The fourth-order valence-electron chi connectivity index (χ4n) is 1.56. The maximum Gasteiger partial charge on any atom is 0.0946 e. The molecule has 0 saturated carbocycles. The maximum atomic E-state index is 4.07. The molecule has 13 heavy (non-hydrogen) atoms. The first-order valence-electron chi connectivity index (χ1n) is 4.58. The first-order valence-corrected chi connectivity index (χ1v) is 6.55. The Morgan fingerprint density at radius 3 is 2.77 bits per heavy atom. The highest BCUT2D eigenvalue weighted by atomic mass is 32.2. The molecule has 0 aromatic carbocycles. The highest BCUT2D eigenvalue weighted by Crippen LogP contribution is 2.47. The summed E-state index contributed by atoms with van der Waals surface area (Å²) in [5, 5.41) is 0. The van der Waals surface area contributed by atoms with Crippen LogP contribution in [0.1, 0.15) is 13.3 Å². The van der Waals surface area contributed by atoms with Crippen LogP contribution < -0.4 is 0 Å². The highest BCUT2D eigenvalue weighted by Gasteiger charge is 2.33. The zero-order chi connectivity index (χ0) is 9.15. The summed E-state index contributed by atoms with van der Waals surface area (Å²) in [7, 11) is 0. The molecule has 2 rings (SSSR count). The molecule has 0 unspecified atom stereocenters. The van der Waals surface area contributed by atoms with Gasteiger partial charge in [0.1, 0.15) is 0 Å². The van der Waals surface area contributed by atoms with Gasteiger partial charge in [-0.15, -0.1) is 23.5 Å². The van der Waals surface area contributed by atoms with Crippen molar-refractivity contribution in [2.24, 2.45) is 0 Å². The van der Waals surface area contributed by atoms with Crippen LogP contribution in [0.15, 0.2) is 18.7 Å². The quantitative estimate of drug-likeness (QED) is 0.770. The van der Waals surface area contributed by atoms with Gasteiger partial charge in [-0.05, 0) is 6.42 Å². The van der Waals surface area contributed by atoms with Crippen molar-refractivity contribution in [3.8, 4) is 0 Å². The number of aromatic nitrogens is 2. The fourth-order valence-corrected chi connectivity index (χ4v) is 4.70. The van der Waals surface area contributed by atoms with Crippen molar-refractivity contribution >= 4 is 23.5 Å². The van der Waals surface area contributed by atoms with Gasteiger partial charge in [0.25, 0.3) is 0 Å². The summed E-state index contributed by atoms with van der Waals surface area (Å²) < 4.78 is 2.61. The van der Waals surface area contributed by atoms with Gasteiger partial charge in [-0.25, -0.2) is 4.98 Å². The third-order valence-electron chi connectivity index (χ3n) is 2.33. The summed E-state index contributed by atoms with van der Waals surface area (Å²) in [6, 6.07) is 0. The predicted molar refractivity (Wildman–Crippen MR) is 60.2 cm³/mol. The monoisotopic (exact) mass is 214 g/mol. The maximum absolute atomic E-state index is 4.07. The van der Waals surface area contributed by atoms with Gasteiger partial charge in [-0.1, -0.05) is 6.92 Å². The normalized spacial score (nSPS) is 20.7. The number of hydrogen-bond donors (Lipinski definition) is 0. The molecule has 0 spiro atoms. The lowest BCUT2D eigenvalue weighted by atomic mass is 10.3. The molecule has 1 aliphatic heterocycles. The minimum atomic E-state index is 0.417. The molecule has 1 aromatic rings. The van der Waals surface area contributed by atoms with E-state index in [1.54, 1.807) is 0 Å². The van der Waals surface area contributed by atoms with E-state index in [4.69, 9.17) is 0 Å². The third kappa shape index (κ3) is 2.05. The minimum absolute atomic E-state index is 0.417. The minimum Gasteiger partial charge on any atom is -0.335 e. The summed E-state index contributed by atoms with van der Waals surface area (Å²) >= 11 is 4.20. The van der Waals surface area contributed by atoms with Gasteiger partial charge < -0.3 is 4.57 Å². The van der Waals surface area contributed by atoms with Crippen molar-refractivity contribution in [2.45, 2.75) is 24.0 Å². The SMILES string of the molecule is CCC1(Cn2ccnc2)SCCS1. The Labute approximate surface area is 87.5 Å². The van der Waals surface area contributed by atoms with Crippen molar-refractivity contribution in [2.75, 3.05) is 11.5 Å². The molecule has 1 aromatic heterocycles. The number of thioether (sulfide) groups is 2. The number of hydrogen-bond acceptors (Lipinski definition) is 3. The van der Waals surface area contributed by atoms with E-state index < -0.39 is 0 Å². The summed E-state index contributed by atoms with van der Waals surface area (Å²) in [6.45, 7) is 3.38. The molecule has 4 heteroatoms. The van der Waals surface area contributed by atoms with Crippen LogP contribution in [0.3, 0.4) is 0 Å². The van der Waals surface area contributed by atoms with E-state index in [-0.39, 0.29) is 0 Å². The summed E-state index contributed by atoms with van der Waals surface area (Å²) in [6.07, 6.45) is 7.06. The second-order valence-corrected chi connectivity index (χ2v) is 6.41. The molecule has 0 aliphatic carbocycles. The molecule has 1 fully saturated rings. The molecule has 2 nitrogen and oxygen atoms in total. The van der Waals surface area contributed by atoms with Gasteiger partial charge in [-0.3, -0.25) is 0 Å². The Hall–Kier alpha value is -0.0900. The molecule has 1 aliphatic rings. The topological polar surface area (TPSA) is 17.8 Å². The van der Waals surface area contributed by atoms with Crippen LogP contribution in [0.2, 0.25) is 0 Å². The lowest BCUT2D eigenvalue weighted by molar-refractivity contribution is 0.615.